The lowest BCUT2D eigenvalue weighted by Gasteiger charge is -2.21. The molecule has 0 aromatic carbocycles. The summed E-state index contributed by atoms with van der Waals surface area (Å²) in [6.45, 7) is 4.30. The summed E-state index contributed by atoms with van der Waals surface area (Å²) >= 11 is 1.39. The van der Waals surface area contributed by atoms with Crippen LogP contribution < -0.4 is 5.32 Å². The third-order valence-electron chi connectivity index (χ3n) is 2.54. The Bertz CT molecular complexity index is 374. The van der Waals surface area contributed by atoms with Crippen LogP contribution in [0.2, 0.25) is 0 Å². The third kappa shape index (κ3) is 4.19. The van der Waals surface area contributed by atoms with Gasteiger partial charge in [0.25, 0.3) is 5.91 Å². The fraction of sp³-hybridized carbons (Fsp3) is 0.500. The van der Waals surface area contributed by atoms with Crippen molar-refractivity contribution in [2.45, 2.75) is 26.3 Å². The molecule has 0 atom stereocenters. The molecule has 0 aliphatic heterocycles. The number of thiophene rings is 1. The predicted molar refractivity (Wildman–Crippen MR) is 69.2 cm³/mol. The van der Waals surface area contributed by atoms with Crippen molar-refractivity contribution in [3.8, 4) is 0 Å². The summed E-state index contributed by atoms with van der Waals surface area (Å²) in [6.07, 6.45) is 0.339. The van der Waals surface area contributed by atoms with Gasteiger partial charge in [0.2, 0.25) is 5.91 Å². The number of carbonyl (C=O) groups excluding carboxylic acids is 2. The number of hydrogen-bond donors (Lipinski definition) is 1. The second kappa shape index (κ2) is 6.39. The standard InChI is InChI=1S/C12H18N2O2S/c1-9(2)14(3)11(15)6-7-13-12(16)10-5-4-8-17-10/h4-5,8-9H,6-7H2,1-3H3,(H,13,16). The molecule has 0 radical (unpaired) electrons. The van der Waals surface area contributed by atoms with Gasteiger partial charge >= 0.3 is 0 Å². The van der Waals surface area contributed by atoms with E-state index in [9.17, 15) is 9.59 Å². The topological polar surface area (TPSA) is 49.4 Å². The summed E-state index contributed by atoms with van der Waals surface area (Å²) in [5.41, 5.74) is 0. The molecule has 0 fully saturated rings. The largest absolute Gasteiger partial charge is 0.351 e. The van der Waals surface area contributed by atoms with Gasteiger partial charge < -0.3 is 10.2 Å². The first-order valence-corrected chi connectivity index (χ1v) is 6.47. The average Bonchev–Trinajstić information content (AvgIpc) is 2.80. The molecule has 1 heterocycles. The van der Waals surface area contributed by atoms with Gasteiger partial charge in [0.05, 0.1) is 4.88 Å². The number of nitrogens with zero attached hydrogens (tertiary/aromatic N) is 1. The lowest BCUT2D eigenvalue weighted by atomic mass is 10.3. The van der Waals surface area contributed by atoms with Crippen molar-refractivity contribution >= 4 is 23.2 Å². The Hall–Kier alpha value is -1.36. The maximum Gasteiger partial charge on any atom is 0.261 e. The highest BCUT2D eigenvalue weighted by Crippen LogP contribution is 2.07. The van der Waals surface area contributed by atoms with Crippen molar-refractivity contribution in [1.82, 2.24) is 10.2 Å². The first-order chi connectivity index (χ1) is 8.02. The molecule has 1 rings (SSSR count). The predicted octanol–water partition coefficient (Wildman–Crippen LogP) is 1.73. The maximum atomic E-state index is 11.6. The average molecular weight is 254 g/mol. The van der Waals surface area contributed by atoms with E-state index in [-0.39, 0.29) is 17.9 Å². The summed E-state index contributed by atoms with van der Waals surface area (Å²) in [6, 6.07) is 3.79. The fourth-order valence-corrected chi connectivity index (χ4v) is 1.88. The number of hydrogen-bond acceptors (Lipinski definition) is 3. The van der Waals surface area contributed by atoms with E-state index in [1.165, 1.54) is 11.3 Å². The van der Waals surface area contributed by atoms with Crippen LogP contribution in [0.5, 0.6) is 0 Å². The summed E-state index contributed by atoms with van der Waals surface area (Å²) in [4.78, 5) is 25.5. The molecule has 5 heteroatoms. The monoisotopic (exact) mass is 254 g/mol. The van der Waals surface area contributed by atoms with Crippen molar-refractivity contribution in [2.24, 2.45) is 0 Å². The van der Waals surface area contributed by atoms with Crippen LogP contribution in [0.4, 0.5) is 0 Å². The Morgan fingerprint density at radius 3 is 2.71 bits per heavy atom. The minimum absolute atomic E-state index is 0.0477. The Balaban J connectivity index is 2.29. The highest BCUT2D eigenvalue weighted by atomic mass is 32.1. The minimum Gasteiger partial charge on any atom is -0.351 e. The number of carbonyl (C=O) groups is 2. The molecule has 0 bridgehead atoms. The van der Waals surface area contributed by atoms with E-state index in [1.807, 2.05) is 25.3 Å². The second-order valence-corrected chi connectivity index (χ2v) is 5.03. The molecule has 0 spiro atoms. The number of nitrogens with one attached hydrogen (secondary N) is 1. The quantitative estimate of drug-likeness (QED) is 0.870. The maximum absolute atomic E-state index is 11.6. The van der Waals surface area contributed by atoms with Gasteiger partial charge in [0, 0.05) is 26.1 Å². The first-order valence-electron chi connectivity index (χ1n) is 5.59. The van der Waals surface area contributed by atoms with Gasteiger partial charge in [-0.05, 0) is 25.3 Å². The van der Waals surface area contributed by atoms with Gasteiger partial charge in [-0.25, -0.2) is 0 Å². The lowest BCUT2D eigenvalue weighted by Crippen LogP contribution is -2.35. The smallest absolute Gasteiger partial charge is 0.261 e. The normalized spacial score (nSPS) is 10.4. The summed E-state index contributed by atoms with van der Waals surface area (Å²) < 4.78 is 0. The van der Waals surface area contributed by atoms with E-state index < -0.39 is 0 Å². The van der Waals surface area contributed by atoms with Crippen molar-refractivity contribution in [1.29, 1.82) is 0 Å². The zero-order chi connectivity index (χ0) is 12.8. The van der Waals surface area contributed by atoms with Gasteiger partial charge in [-0.1, -0.05) is 6.07 Å². The van der Waals surface area contributed by atoms with Crippen molar-refractivity contribution in [2.75, 3.05) is 13.6 Å². The molecule has 0 saturated carbocycles. The van der Waals surface area contributed by atoms with Gasteiger partial charge in [0.15, 0.2) is 0 Å². The zero-order valence-corrected chi connectivity index (χ0v) is 11.2. The first kappa shape index (κ1) is 13.7. The van der Waals surface area contributed by atoms with Crippen molar-refractivity contribution < 1.29 is 9.59 Å². The number of rotatable bonds is 5. The summed E-state index contributed by atoms with van der Waals surface area (Å²) in [5, 5.41) is 4.59. The van der Waals surface area contributed by atoms with Crippen LogP contribution in [-0.2, 0) is 4.79 Å². The van der Waals surface area contributed by atoms with E-state index in [0.717, 1.165) is 0 Å². The van der Waals surface area contributed by atoms with Gasteiger partial charge in [-0.15, -0.1) is 11.3 Å². The molecule has 0 saturated heterocycles. The molecule has 1 aromatic rings. The highest BCUT2D eigenvalue weighted by Gasteiger charge is 2.12. The molecule has 2 amide bonds. The van der Waals surface area contributed by atoms with Gasteiger partial charge in [-0.3, -0.25) is 9.59 Å². The molecule has 0 unspecified atom stereocenters. The van der Waals surface area contributed by atoms with Gasteiger partial charge in [-0.2, -0.15) is 0 Å². The van der Waals surface area contributed by atoms with Crippen LogP contribution in [0.3, 0.4) is 0 Å². The summed E-state index contributed by atoms with van der Waals surface area (Å²) in [7, 11) is 1.77. The molecule has 1 aromatic heterocycles. The SMILES string of the molecule is CC(C)N(C)C(=O)CCNC(=O)c1cccs1. The van der Waals surface area contributed by atoms with Gasteiger partial charge in [0.1, 0.15) is 0 Å². The van der Waals surface area contributed by atoms with Crippen molar-refractivity contribution in [3.63, 3.8) is 0 Å². The Morgan fingerprint density at radius 2 is 2.18 bits per heavy atom. The molecular formula is C12H18N2O2S. The number of amides is 2. The van der Waals surface area contributed by atoms with E-state index in [0.29, 0.717) is 17.8 Å². The van der Waals surface area contributed by atoms with Crippen LogP contribution >= 0.6 is 11.3 Å². The van der Waals surface area contributed by atoms with Crippen LogP contribution in [0.15, 0.2) is 17.5 Å². The molecule has 0 aliphatic carbocycles. The Morgan fingerprint density at radius 1 is 1.47 bits per heavy atom. The van der Waals surface area contributed by atoms with E-state index in [4.69, 9.17) is 0 Å². The minimum atomic E-state index is -0.111. The molecule has 4 nitrogen and oxygen atoms in total. The van der Waals surface area contributed by atoms with Crippen LogP contribution in [0.25, 0.3) is 0 Å². The highest BCUT2D eigenvalue weighted by molar-refractivity contribution is 7.12. The molecule has 17 heavy (non-hydrogen) atoms. The van der Waals surface area contributed by atoms with Crippen LogP contribution in [0, 0.1) is 0 Å². The molecule has 0 aliphatic rings. The fourth-order valence-electron chi connectivity index (χ4n) is 1.24. The van der Waals surface area contributed by atoms with Crippen LogP contribution in [-0.4, -0.2) is 36.3 Å². The summed E-state index contributed by atoms with van der Waals surface area (Å²) in [5.74, 6) is -0.0634. The van der Waals surface area contributed by atoms with Crippen molar-refractivity contribution in [3.05, 3.63) is 22.4 Å². The molecule has 1 N–H and O–H groups in total. The van der Waals surface area contributed by atoms with E-state index in [2.05, 4.69) is 5.32 Å². The lowest BCUT2D eigenvalue weighted by molar-refractivity contribution is -0.131. The van der Waals surface area contributed by atoms with E-state index >= 15 is 0 Å². The zero-order valence-electron chi connectivity index (χ0n) is 10.4. The third-order valence-corrected chi connectivity index (χ3v) is 3.41. The molecule has 94 valence electrons. The Kier molecular flexibility index (Phi) is 5.15. The Labute approximate surface area is 106 Å². The van der Waals surface area contributed by atoms with E-state index in [1.54, 1.807) is 18.0 Å². The molecular weight excluding hydrogens is 236 g/mol. The van der Waals surface area contributed by atoms with Crippen LogP contribution in [0.1, 0.15) is 29.9 Å². The second-order valence-electron chi connectivity index (χ2n) is 4.08.